The second kappa shape index (κ2) is 7.82. The summed E-state index contributed by atoms with van der Waals surface area (Å²) in [6.45, 7) is 2.92. The van der Waals surface area contributed by atoms with E-state index in [1.54, 1.807) is 0 Å². The largest absolute Gasteiger partial charge is 0.371 e. The summed E-state index contributed by atoms with van der Waals surface area (Å²) >= 11 is 0. The molecule has 1 aliphatic heterocycles. The maximum absolute atomic E-state index is 12.5. The van der Waals surface area contributed by atoms with Crippen molar-refractivity contribution in [2.45, 2.75) is 19.3 Å². The van der Waals surface area contributed by atoms with Crippen LogP contribution in [0.1, 0.15) is 18.5 Å². The Morgan fingerprint density at radius 2 is 2.00 bits per heavy atom. The summed E-state index contributed by atoms with van der Waals surface area (Å²) in [5.74, 6) is 0.736. The molecular weight excluding hydrogens is 336 g/mol. The number of carbonyl (C=O) groups excluding carboxylic acids is 1. The molecule has 140 valence electrons. The molecule has 3 aromatic rings. The number of nitrogens with zero attached hydrogens (tertiary/aromatic N) is 4. The van der Waals surface area contributed by atoms with Crippen molar-refractivity contribution in [1.82, 2.24) is 14.3 Å². The number of fused-ring (bicyclic) bond motifs is 1. The molecule has 0 unspecified atom stereocenters. The van der Waals surface area contributed by atoms with Gasteiger partial charge in [0.15, 0.2) is 0 Å². The van der Waals surface area contributed by atoms with E-state index < -0.39 is 0 Å². The molecular formula is C22H26N4O. The van der Waals surface area contributed by atoms with E-state index in [9.17, 15) is 4.79 Å². The number of carbonyl (C=O) groups is 1. The lowest BCUT2D eigenvalue weighted by molar-refractivity contribution is -0.130. The number of para-hydroxylation sites is 1. The third kappa shape index (κ3) is 4.13. The lowest BCUT2D eigenvalue weighted by Crippen LogP contribution is -2.33. The summed E-state index contributed by atoms with van der Waals surface area (Å²) < 4.78 is 2.00. The average molecular weight is 362 g/mol. The molecule has 0 saturated carbocycles. The van der Waals surface area contributed by atoms with Gasteiger partial charge < -0.3 is 14.2 Å². The molecule has 4 rings (SSSR count). The van der Waals surface area contributed by atoms with Crippen molar-refractivity contribution in [3.8, 4) is 0 Å². The molecule has 2 aromatic heterocycles. The normalized spacial score (nSPS) is 16.8. The van der Waals surface area contributed by atoms with Gasteiger partial charge in [0.1, 0.15) is 5.65 Å². The zero-order valence-electron chi connectivity index (χ0n) is 15.8. The van der Waals surface area contributed by atoms with Crippen LogP contribution < -0.4 is 4.90 Å². The molecule has 5 heteroatoms. The van der Waals surface area contributed by atoms with Gasteiger partial charge in [-0.05, 0) is 43.0 Å². The average Bonchev–Trinajstić information content (AvgIpc) is 3.33. The van der Waals surface area contributed by atoms with E-state index in [4.69, 9.17) is 0 Å². The van der Waals surface area contributed by atoms with Gasteiger partial charge in [0.05, 0.1) is 5.69 Å². The summed E-state index contributed by atoms with van der Waals surface area (Å²) in [5.41, 5.74) is 3.18. The molecule has 1 aliphatic rings. The summed E-state index contributed by atoms with van der Waals surface area (Å²) in [5, 5.41) is 0. The van der Waals surface area contributed by atoms with Gasteiger partial charge in [-0.1, -0.05) is 24.3 Å². The van der Waals surface area contributed by atoms with Gasteiger partial charge in [0.2, 0.25) is 5.91 Å². The number of imidazole rings is 1. The number of benzene rings is 1. The Hall–Kier alpha value is -2.82. The first-order valence-corrected chi connectivity index (χ1v) is 9.65. The SMILES string of the molecule is CN(C[C@H]1CCN(c2ccccc2)C1)C(=O)CCc1cn2ccccc2n1. The van der Waals surface area contributed by atoms with E-state index in [0.717, 1.165) is 37.4 Å². The Morgan fingerprint density at radius 1 is 1.19 bits per heavy atom. The van der Waals surface area contributed by atoms with Gasteiger partial charge in [-0.25, -0.2) is 4.98 Å². The molecule has 1 saturated heterocycles. The first-order valence-electron chi connectivity index (χ1n) is 9.65. The lowest BCUT2D eigenvalue weighted by Gasteiger charge is -2.22. The third-order valence-electron chi connectivity index (χ3n) is 5.37. The third-order valence-corrected chi connectivity index (χ3v) is 5.37. The molecule has 1 fully saturated rings. The van der Waals surface area contributed by atoms with Crippen molar-refractivity contribution in [1.29, 1.82) is 0 Å². The summed E-state index contributed by atoms with van der Waals surface area (Å²) in [7, 11) is 1.93. The maximum atomic E-state index is 12.5. The van der Waals surface area contributed by atoms with Crippen LogP contribution in [-0.4, -0.2) is 46.9 Å². The van der Waals surface area contributed by atoms with E-state index in [0.29, 0.717) is 18.8 Å². The van der Waals surface area contributed by atoms with Gasteiger partial charge in [-0.15, -0.1) is 0 Å². The van der Waals surface area contributed by atoms with E-state index in [1.807, 2.05) is 53.0 Å². The molecule has 5 nitrogen and oxygen atoms in total. The van der Waals surface area contributed by atoms with Crippen LogP contribution in [-0.2, 0) is 11.2 Å². The minimum atomic E-state index is 0.199. The Balaban J connectivity index is 1.27. The quantitative estimate of drug-likeness (QED) is 0.676. The number of pyridine rings is 1. The molecule has 1 atom stereocenters. The van der Waals surface area contributed by atoms with Gasteiger partial charge in [-0.3, -0.25) is 4.79 Å². The lowest BCUT2D eigenvalue weighted by atomic mass is 10.1. The zero-order valence-corrected chi connectivity index (χ0v) is 15.8. The standard InChI is InChI=1S/C22H26N4O/c1-24(15-18-12-14-25(16-18)20-7-3-2-4-8-20)22(27)11-10-19-17-26-13-6-5-9-21(26)23-19/h2-9,13,17-18H,10-12,14-16H2,1H3/t18-/m1/s1. The number of rotatable bonds is 6. The fraction of sp³-hybridized carbons (Fsp3) is 0.364. The molecule has 0 aliphatic carbocycles. The highest BCUT2D eigenvalue weighted by Gasteiger charge is 2.25. The van der Waals surface area contributed by atoms with Crippen molar-refractivity contribution in [3.05, 3.63) is 66.6 Å². The maximum Gasteiger partial charge on any atom is 0.222 e. The van der Waals surface area contributed by atoms with Crippen LogP contribution in [0.25, 0.3) is 5.65 Å². The second-order valence-electron chi connectivity index (χ2n) is 7.41. The molecule has 27 heavy (non-hydrogen) atoms. The number of hydrogen-bond acceptors (Lipinski definition) is 3. The van der Waals surface area contributed by atoms with E-state index >= 15 is 0 Å². The number of aromatic nitrogens is 2. The smallest absolute Gasteiger partial charge is 0.222 e. The highest BCUT2D eigenvalue weighted by molar-refractivity contribution is 5.76. The van der Waals surface area contributed by atoms with Crippen molar-refractivity contribution in [2.75, 3.05) is 31.6 Å². The van der Waals surface area contributed by atoms with E-state index in [2.05, 4.69) is 34.1 Å². The molecule has 0 N–H and O–H groups in total. The molecule has 1 aromatic carbocycles. The molecule has 0 radical (unpaired) electrons. The predicted octanol–water partition coefficient (Wildman–Crippen LogP) is 3.25. The fourth-order valence-electron chi connectivity index (χ4n) is 3.88. The van der Waals surface area contributed by atoms with Crippen LogP contribution >= 0.6 is 0 Å². The number of amides is 1. The van der Waals surface area contributed by atoms with Crippen LogP contribution in [0.2, 0.25) is 0 Å². The monoisotopic (exact) mass is 362 g/mol. The topological polar surface area (TPSA) is 40.9 Å². The highest BCUT2D eigenvalue weighted by atomic mass is 16.2. The van der Waals surface area contributed by atoms with Crippen molar-refractivity contribution in [3.63, 3.8) is 0 Å². The van der Waals surface area contributed by atoms with Gasteiger partial charge in [0, 0.05) is 51.2 Å². The highest BCUT2D eigenvalue weighted by Crippen LogP contribution is 2.24. The van der Waals surface area contributed by atoms with Gasteiger partial charge >= 0.3 is 0 Å². The van der Waals surface area contributed by atoms with Gasteiger partial charge in [-0.2, -0.15) is 0 Å². The number of hydrogen-bond donors (Lipinski definition) is 0. The zero-order chi connectivity index (χ0) is 18.6. The number of anilines is 1. The summed E-state index contributed by atoms with van der Waals surface area (Å²) in [6.07, 6.45) is 6.33. The van der Waals surface area contributed by atoms with Crippen molar-refractivity contribution < 1.29 is 4.79 Å². The minimum Gasteiger partial charge on any atom is -0.371 e. The van der Waals surface area contributed by atoms with Crippen molar-refractivity contribution in [2.24, 2.45) is 5.92 Å². The van der Waals surface area contributed by atoms with Crippen LogP contribution in [0.5, 0.6) is 0 Å². The summed E-state index contributed by atoms with van der Waals surface area (Å²) in [6, 6.07) is 16.5. The first kappa shape index (κ1) is 17.6. The Labute approximate surface area is 160 Å². The fourth-order valence-corrected chi connectivity index (χ4v) is 3.88. The second-order valence-corrected chi connectivity index (χ2v) is 7.41. The minimum absolute atomic E-state index is 0.199. The Kier molecular flexibility index (Phi) is 5.10. The van der Waals surface area contributed by atoms with Gasteiger partial charge in [0.25, 0.3) is 0 Å². The first-order chi connectivity index (χ1) is 13.2. The molecule has 3 heterocycles. The van der Waals surface area contributed by atoms with Crippen LogP contribution in [0.4, 0.5) is 5.69 Å². The van der Waals surface area contributed by atoms with Crippen LogP contribution in [0, 0.1) is 5.92 Å². The van der Waals surface area contributed by atoms with Crippen LogP contribution in [0.3, 0.4) is 0 Å². The Morgan fingerprint density at radius 3 is 2.81 bits per heavy atom. The van der Waals surface area contributed by atoms with E-state index in [-0.39, 0.29) is 5.91 Å². The molecule has 0 spiro atoms. The predicted molar refractivity (Wildman–Crippen MR) is 108 cm³/mol. The van der Waals surface area contributed by atoms with Crippen molar-refractivity contribution >= 4 is 17.2 Å². The van der Waals surface area contributed by atoms with E-state index in [1.165, 1.54) is 5.69 Å². The summed E-state index contributed by atoms with van der Waals surface area (Å²) in [4.78, 5) is 21.4. The number of aryl methyl sites for hydroxylation is 1. The van der Waals surface area contributed by atoms with Crippen LogP contribution in [0.15, 0.2) is 60.9 Å². The molecule has 1 amide bonds. The molecule has 0 bridgehead atoms. The Bertz CT molecular complexity index is 872.